The second kappa shape index (κ2) is 10.9. The molecule has 0 spiro atoms. The minimum Gasteiger partial charge on any atom is -0.504 e. The molecule has 0 aromatic heterocycles. The number of hydrogen-bond acceptors (Lipinski definition) is 7. The first kappa shape index (κ1) is 20.2. The zero-order valence-corrected chi connectivity index (χ0v) is 15.0. The van der Waals surface area contributed by atoms with Gasteiger partial charge in [-0.3, -0.25) is 4.79 Å². The van der Waals surface area contributed by atoms with Gasteiger partial charge in [0.15, 0.2) is 11.5 Å². The molecule has 0 aliphatic carbocycles. The molecule has 3 N–H and O–H groups in total. The van der Waals surface area contributed by atoms with Crippen molar-refractivity contribution < 1.29 is 24.5 Å². The summed E-state index contributed by atoms with van der Waals surface area (Å²) in [5, 5.41) is 21.5. The monoisotopic (exact) mass is 371 g/mol. The van der Waals surface area contributed by atoms with E-state index >= 15 is 0 Å². The van der Waals surface area contributed by atoms with Crippen molar-refractivity contribution in [1.82, 2.24) is 5.32 Å². The molecule has 0 radical (unpaired) electrons. The van der Waals surface area contributed by atoms with Gasteiger partial charge in [0, 0.05) is 24.3 Å². The standard InChI is InChI=1S/C16H21NO5S2/c1-3-7-23-24-8-6-15(20)17-12(16(21)22-2)9-11-4-5-13(18)14(19)10-11/h3-5,10,12,18-19H,1,6-9H2,2H3,(H,17,20). The van der Waals surface area contributed by atoms with E-state index in [0.29, 0.717) is 11.3 Å². The lowest BCUT2D eigenvalue weighted by Gasteiger charge is -2.17. The van der Waals surface area contributed by atoms with Crippen molar-refractivity contribution in [3.63, 3.8) is 0 Å². The van der Waals surface area contributed by atoms with Crippen LogP contribution in [0.15, 0.2) is 30.9 Å². The second-order valence-electron chi connectivity index (χ2n) is 4.82. The summed E-state index contributed by atoms with van der Waals surface area (Å²) in [6.07, 6.45) is 2.23. The van der Waals surface area contributed by atoms with Crippen LogP contribution >= 0.6 is 21.6 Å². The highest BCUT2D eigenvalue weighted by Gasteiger charge is 2.22. The lowest BCUT2D eigenvalue weighted by Crippen LogP contribution is -2.43. The van der Waals surface area contributed by atoms with Crippen LogP contribution < -0.4 is 5.32 Å². The van der Waals surface area contributed by atoms with Gasteiger partial charge in [-0.15, -0.1) is 6.58 Å². The van der Waals surface area contributed by atoms with Crippen molar-refractivity contribution in [3.8, 4) is 11.5 Å². The largest absolute Gasteiger partial charge is 0.504 e. The van der Waals surface area contributed by atoms with Crippen molar-refractivity contribution in [2.24, 2.45) is 0 Å². The van der Waals surface area contributed by atoms with Crippen LogP contribution in [0.25, 0.3) is 0 Å². The third kappa shape index (κ3) is 7.18. The summed E-state index contributed by atoms with van der Waals surface area (Å²) in [7, 11) is 4.42. The summed E-state index contributed by atoms with van der Waals surface area (Å²) in [5.41, 5.74) is 0.594. The van der Waals surface area contributed by atoms with E-state index in [0.717, 1.165) is 5.75 Å². The normalized spacial score (nSPS) is 11.5. The topological polar surface area (TPSA) is 95.9 Å². The second-order valence-corrected chi connectivity index (χ2v) is 7.44. The number of amides is 1. The smallest absolute Gasteiger partial charge is 0.328 e. The molecule has 1 atom stereocenters. The van der Waals surface area contributed by atoms with Gasteiger partial charge in [0.05, 0.1) is 7.11 Å². The first-order chi connectivity index (χ1) is 11.5. The van der Waals surface area contributed by atoms with Gasteiger partial charge in [-0.2, -0.15) is 0 Å². The Labute approximate surface area is 149 Å². The molecule has 24 heavy (non-hydrogen) atoms. The Bertz CT molecular complexity index is 580. The molecule has 0 aliphatic heterocycles. The van der Waals surface area contributed by atoms with Crippen LogP contribution in [0.5, 0.6) is 11.5 Å². The zero-order valence-electron chi connectivity index (χ0n) is 13.4. The lowest BCUT2D eigenvalue weighted by molar-refractivity contribution is -0.145. The molecule has 1 aromatic rings. The average Bonchev–Trinajstić information content (AvgIpc) is 2.56. The van der Waals surface area contributed by atoms with Crippen molar-refractivity contribution >= 4 is 33.5 Å². The van der Waals surface area contributed by atoms with E-state index in [-0.39, 0.29) is 30.2 Å². The number of nitrogens with one attached hydrogen (secondary N) is 1. The number of carbonyl (C=O) groups excluding carboxylic acids is 2. The van der Waals surface area contributed by atoms with Crippen LogP contribution in [0.2, 0.25) is 0 Å². The van der Waals surface area contributed by atoms with Crippen LogP contribution in [-0.2, 0) is 20.7 Å². The highest BCUT2D eigenvalue weighted by atomic mass is 33.1. The number of ether oxygens (including phenoxy) is 1. The summed E-state index contributed by atoms with van der Waals surface area (Å²) in [5.74, 6) is 0.0915. The summed E-state index contributed by atoms with van der Waals surface area (Å²) in [6.45, 7) is 3.61. The van der Waals surface area contributed by atoms with Gasteiger partial charge in [0.2, 0.25) is 5.91 Å². The number of phenols is 2. The number of benzene rings is 1. The Morgan fingerprint density at radius 3 is 2.71 bits per heavy atom. The number of carbonyl (C=O) groups is 2. The number of rotatable bonds is 10. The Balaban J connectivity index is 2.58. The first-order valence-corrected chi connectivity index (χ1v) is 9.70. The molecular weight excluding hydrogens is 350 g/mol. The third-order valence-electron chi connectivity index (χ3n) is 2.98. The Hall–Kier alpha value is -1.80. The Morgan fingerprint density at radius 1 is 1.33 bits per heavy atom. The fourth-order valence-electron chi connectivity index (χ4n) is 1.82. The molecule has 6 nitrogen and oxygen atoms in total. The zero-order chi connectivity index (χ0) is 17.9. The summed E-state index contributed by atoms with van der Waals surface area (Å²) in [4.78, 5) is 23.8. The maximum absolute atomic E-state index is 12.0. The fraction of sp³-hybridized carbons (Fsp3) is 0.375. The highest BCUT2D eigenvalue weighted by Crippen LogP contribution is 2.25. The van der Waals surface area contributed by atoms with Gasteiger partial charge < -0.3 is 20.3 Å². The maximum atomic E-state index is 12.0. The summed E-state index contributed by atoms with van der Waals surface area (Å²) >= 11 is 0. The third-order valence-corrected chi connectivity index (χ3v) is 5.30. The highest BCUT2D eigenvalue weighted by molar-refractivity contribution is 8.76. The number of esters is 1. The molecule has 0 fully saturated rings. The average molecular weight is 371 g/mol. The number of aromatic hydroxyl groups is 2. The minimum atomic E-state index is -0.850. The Kier molecular flexibility index (Phi) is 9.18. The molecule has 0 saturated heterocycles. The molecule has 0 saturated carbocycles. The molecule has 0 bridgehead atoms. The molecule has 1 unspecified atom stereocenters. The fourth-order valence-corrected chi connectivity index (χ4v) is 3.58. The van der Waals surface area contributed by atoms with Crippen LogP contribution in [0.1, 0.15) is 12.0 Å². The SMILES string of the molecule is C=CCSSCCC(=O)NC(Cc1ccc(O)c(O)c1)C(=O)OC. The van der Waals surface area contributed by atoms with Crippen molar-refractivity contribution in [1.29, 1.82) is 0 Å². The number of phenolic OH excluding ortho intramolecular Hbond substituents is 2. The van der Waals surface area contributed by atoms with Crippen LogP contribution in [0.3, 0.4) is 0 Å². The van der Waals surface area contributed by atoms with Crippen molar-refractivity contribution in [2.75, 3.05) is 18.6 Å². The van der Waals surface area contributed by atoms with Crippen molar-refractivity contribution in [2.45, 2.75) is 18.9 Å². The number of methoxy groups -OCH3 is 1. The quantitative estimate of drug-likeness (QED) is 0.191. The van der Waals surface area contributed by atoms with Crippen LogP contribution in [-0.4, -0.2) is 46.7 Å². The molecular formula is C16H21NO5S2. The number of hydrogen-bond donors (Lipinski definition) is 3. The molecule has 0 aliphatic rings. The van der Waals surface area contributed by atoms with Gasteiger partial charge in [-0.05, 0) is 17.7 Å². The van der Waals surface area contributed by atoms with Gasteiger partial charge >= 0.3 is 5.97 Å². The van der Waals surface area contributed by atoms with E-state index in [4.69, 9.17) is 4.74 Å². The van der Waals surface area contributed by atoms with Gasteiger partial charge in [0.25, 0.3) is 0 Å². The molecule has 0 heterocycles. The molecule has 8 heteroatoms. The van der Waals surface area contributed by atoms with E-state index in [1.807, 2.05) is 0 Å². The Morgan fingerprint density at radius 2 is 2.08 bits per heavy atom. The van der Waals surface area contributed by atoms with Crippen LogP contribution in [0, 0.1) is 0 Å². The van der Waals surface area contributed by atoms with Crippen LogP contribution in [0.4, 0.5) is 0 Å². The van der Waals surface area contributed by atoms with Crippen molar-refractivity contribution in [3.05, 3.63) is 36.4 Å². The van der Waals surface area contributed by atoms with E-state index in [9.17, 15) is 19.8 Å². The molecule has 1 aromatic carbocycles. The first-order valence-electron chi connectivity index (χ1n) is 7.21. The summed E-state index contributed by atoms with van der Waals surface area (Å²) < 4.78 is 4.71. The maximum Gasteiger partial charge on any atom is 0.328 e. The predicted molar refractivity (Wildman–Crippen MR) is 97.2 cm³/mol. The van der Waals surface area contributed by atoms with Gasteiger partial charge in [0.1, 0.15) is 6.04 Å². The van der Waals surface area contributed by atoms with E-state index in [1.165, 1.54) is 19.2 Å². The predicted octanol–water partition coefficient (Wildman–Crippen LogP) is 2.26. The lowest BCUT2D eigenvalue weighted by atomic mass is 10.1. The van der Waals surface area contributed by atoms with E-state index < -0.39 is 12.0 Å². The molecule has 1 amide bonds. The van der Waals surface area contributed by atoms with Gasteiger partial charge in [-0.25, -0.2) is 4.79 Å². The molecule has 132 valence electrons. The minimum absolute atomic E-state index is 0.157. The summed E-state index contributed by atoms with van der Waals surface area (Å²) in [6, 6.07) is 3.39. The van der Waals surface area contributed by atoms with Gasteiger partial charge in [-0.1, -0.05) is 33.7 Å². The molecule has 1 rings (SSSR count). The van der Waals surface area contributed by atoms with E-state index in [1.54, 1.807) is 33.7 Å². The van der Waals surface area contributed by atoms with E-state index in [2.05, 4.69) is 11.9 Å².